The Morgan fingerprint density at radius 3 is 2.60 bits per heavy atom. The average molecular weight is 320 g/mol. The Kier molecular flexibility index (Phi) is 5.83. The van der Waals surface area contributed by atoms with Crippen LogP contribution < -0.4 is 10.1 Å². The maximum Gasteiger partial charge on any atom is 0.265 e. The first-order chi connectivity index (χ1) is 9.29. The van der Waals surface area contributed by atoms with Crippen molar-refractivity contribution in [1.29, 1.82) is 0 Å². The van der Waals surface area contributed by atoms with Gasteiger partial charge in [0.25, 0.3) is 15.0 Å². The highest BCUT2D eigenvalue weighted by Crippen LogP contribution is 2.27. The van der Waals surface area contributed by atoms with Crippen molar-refractivity contribution in [2.75, 3.05) is 13.7 Å². The van der Waals surface area contributed by atoms with Crippen LogP contribution in [0.25, 0.3) is 0 Å². The minimum Gasteiger partial charge on any atom is -0.495 e. The van der Waals surface area contributed by atoms with Crippen LogP contribution in [0, 0.1) is 5.92 Å². The molecule has 1 aromatic carbocycles. The number of methoxy groups -OCH3 is 1. The number of ether oxygens (including phenoxy) is 1. The maximum atomic E-state index is 12.0. The van der Waals surface area contributed by atoms with Gasteiger partial charge in [0.1, 0.15) is 10.6 Å². The van der Waals surface area contributed by atoms with Gasteiger partial charge in [0, 0.05) is 22.8 Å². The topological polar surface area (TPSA) is 72.5 Å². The number of carbonyl (C=O) groups is 1. The Labute approximate surface area is 123 Å². The summed E-state index contributed by atoms with van der Waals surface area (Å²) in [6.07, 6.45) is 0.949. The number of hydrogen-bond acceptors (Lipinski definition) is 4. The fourth-order valence-electron chi connectivity index (χ4n) is 1.52. The van der Waals surface area contributed by atoms with Gasteiger partial charge in [-0.05, 0) is 24.1 Å². The van der Waals surface area contributed by atoms with Gasteiger partial charge in [-0.15, -0.1) is 0 Å². The van der Waals surface area contributed by atoms with Crippen LogP contribution in [0.1, 0.15) is 30.6 Å². The van der Waals surface area contributed by atoms with E-state index >= 15 is 0 Å². The summed E-state index contributed by atoms with van der Waals surface area (Å²) >= 11 is 0. The second kappa shape index (κ2) is 6.95. The predicted molar refractivity (Wildman–Crippen MR) is 77.8 cm³/mol. The third kappa shape index (κ3) is 4.38. The van der Waals surface area contributed by atoms with Gasteiger partial charge < -0.3 is 10.1 Å². The third-order valence-electron chi connectivity index (χ3n) is 3.00. The Morgan fingerprint density at radius 1 is 1.45 bits per heavy atom. The minimum absolute atomic E-state index is 0.110. The Hall–Kier alpha value is -1.27. The predicted octanol–water partition coefficient (Wildman–Crippen LogP) is 2.40. The molecule has 1 atom stereocenters. The van der Waals surface area contributed by atoms with Gasteiger partial charge in [0.2, 0.25) is 0 Å². The molecule has 0 aliphatic rings. The van der Waals surface area contributed by atoms with E-state index in [4.69, 9.17) is 15.4 Å². The van der Waals surface area contributed by atoms with Gasteiger partial charge in [-0.3, -0.25) is 4.79 Å². The van der Waals surface area contributed by atoms with E-state index in [-0.39, 0.29) is 22.1 Å². The third-order valence-corrected chi connectivity index (χ3v) is 4.34. The minimum atomic E-state index is -3.97. The second-order valence-corrected chi connectivity index (χ2v) is 7.06. The zero-order chi connectivity index (χ0) is 15.3. The summed E-state index contributed by atoms with van der Waals surface area (Å²) in [5.74, 6) is 0.126. The summed E-state index contributed by atoms with van der Waals surface area (Å²) in [5.41, 5.74) is 0.230. The lowest BCUT2D eigenvalue weighted by Crippen LogP contribution is -2.28. The van der Waals surface area contributed by atoms with Crippen LogP contribution in [-0.2, 0) is 9.05 Å². The molecule has 0 saturated carbocycles. The number of amides is 1. The van der Waals surface area contributed by atoms with Gasteiger partial charge in [0.05, 0.1) is 7.11 Å². The van der Waals surface area contributed by atoms with E-state index in [0.29, 0.717) is 12.5 Å². The molecule has 5 nitrogen and oxygen atoms in total. The van der Waals surface area contributed by atoms with Gasteiger partial charge in [-0.25, -0.2) is 8.42 Å². The molecule has 0 aliphatic carbocycles. The van der Waals surface area contributed by atoms with E-state index in [2.05, 4.69) is 5.32 Å². The number of halogens is 1. The lowest BCUT2D eigenvalue weighted by Gasteiger charge is -2.11. The van der Waals surface area contributed by atoms with Gasteiger partial charge >= 0.3 is 0 Å². The molecule has 1 amide bonds. The van der Waals surface area contributed by atoms with Crippen molar-refractivity contribution in [2.24, 2.45) is 5.92 Å². The molecule has 0 radical (unpaired) electrons. The molecule has 112 valence electrons. The van der Waals surface area contributed by atoms with Crippen molar-refractivity contribution in [3.05, 3.63) is 23.8 Å². The first-order valence-corrected chi connectivity index (χ1v) is 8.51. The van der Waals surface area contributed by atoms with E-state index in [1.54, 1.807) is 0 Å². The van der Waals surface area contributed by atoms with Crippen molar-refractivity contribution < 1.29 is 17.9 Å². The largest absolute Gasteiger partial charge is 0.495 e. The highest BCUT2D eigenvalue weighted by atomic mass is 35.7. The van der Waals surface area contributed by atoms with E-state index in [9.17, 15) is 13.2 Å². The van der Waals surface area contributed by atoms with Crippen LogP contribution in [0.3, 0.4) is 0 Å². The Balaban J connectivity index is 3.00. The van der Waals surface area contributed by atoms with Crippen LogP contribution in [0.5, 0.6) is 5.75 Å². The molecule has 1 rings (SSSR count). The molecule has 20 heavy (non-hydrogen) atoms. The van der Waals surface area contributed by atoms with Gasteiger partial charge in [-0.2, -0.15) is 0 Å². The second-order valence-electron chi connectivity index (χ2n) is 4.53. The molecule has 0 aromatic heterocycles. The molecule has 0 aliphatic heterocycles. The fourth-order valence-corrected chi connectivity index (χ4v) is 2.54. The highest BCUT2D eigenvalue weighted by Gasteiger charge is 2.19. The van der Waals surface area contributed by atoms with E-state index in [1.807, 2.05) is 13.8 Å². The number of rotatable bonds is 6. The Morgan fingerprint density at radius 2 is 2.10 bits per heavy atom. The lowest BCUT2D eigenvalue weighted by atomic mass is 10.1. The number of benzene rings is 1. The van der Waals surface area contributed by atoms with Crippen LogP contribution in [0.15, 0.2) is 23.1 Å². The summed E-state index contributed by atoms with van der Waals surface area (Å²) in [7, 11) is 2.70. The van der Waals surface area contributed by atoms with Crippen LogP contribution >= 0.6 is 10.7 Å². The highest BCUT2D eigenvalue weighted by molar-refractivity contribution is 8.13. The molecule has 0 fully saturated rings. The Bertz CT molecular complexity index is 586. The molecular formula is C13H18ClNO4S. The fraction of sp³-hybridized carbons (Fsp3) is 0.462. The first kappa shape index (κ1) is 16.8. The van der Waals surface area contributed by atoms with Crippen LogP contribution in [-0.4, -0.2) is 28.0 Å². The number of carbonyl (C=O) groups excluding carboxylic acids is 1. The number of hydrogen-bond donors (Lipinski definition) is 1. The van der Waals surface area contributed by atoms with Crippen LogP contribution in [0.2, 0.25) is 0 Å². The molecule has 0 heterocycles. The lowest BCUT2D eigenvalue weighted by molar-refractivity contribution is 0.0947. The van der Waals surface area contributed by atoms with Crippen molar-refractivity contribution in [3.8, 4) is 5.75 Å². The molecule has 1 N–H and O–H groups in total. The standard InChI is InChI=1S/C13H18ClNO4S/c1-4-9(2)8-15-13(16)10-5-6-11(19-3)12(7-10)20(14,17)18/h5-7,9H,4,8H2,1-3H3,(H,15,16). The first-order valence-electron chi connectivity index (χ1n) is 6.20. The van der Waals surface area contributed by atoms with E-state index in [0.717, 1.165) is 6.42 Å². The van der Waals surface area contributed by atoms with Gasteiger partial charge in [0.15, 0.2) is 0 Å². The SMILES string of the molecule is CCC(C)CNC(=O)c1ccc(OC)c(S(=O)(=O)Cl)c1. The summed E-state index contributed by atoms with van der Waals surface area (Å²) in [4.78, 5) is 11.7. The zero-order valence-electron chi connectivity index (χ0n) is 11.6. The molecule has 7 heteroatoms. The molecule has 0 saturated heterocycles. The normalized spacial score (nSPS) is 12.8. The smallest absolute Gasteiger partial charge is 0.265 e. The maximum absolute atomic E-state index is 12.0. The van der Waals surface area contributed by atoms with Crippen LogP contribution in [0.4, 0.5) is 0 Å². The molecule has 0 bridgehead atoms. The molecular weight excluding hydrogens is 302 g/mol. The van der Waals surface area contributed by atoms with E-state index < -0.39 is 9.05 Å². The quantitative estimate of drug-likeness (QED) is 0.817. The van der Waals surface area contributed by atoms with Gasteiger partial charge in [-0.1, -0.05) is 20.3 Å². The summed E-state index contributed by atoms with van der Waals surface area (Å²) in [6, 6.07) is 4.12. The van der Waals surface area contributed by atoms with Crippen molar-refractivity contribution in [1.82, 2.24) is 5.32 Å². The summed E-state index contributed by atoms with van der Waals surface area (Å²) < 4.78 is 27.8. The molecule has 0 spiro atoms. The van der Waals surface area contributed by atoms with Crippen molar-refractivity contribution in [3.63, 3.8) is 0 Å². The van der Waals surface area contributed by atoms with E-state index in [1.165, 1.54) is 25.3 Å². The molecule has 1 unspecified atom stereocenters. The van der Waals surface area contributed by atoms with Crippen molar-refractivity contribution >= 4 is 25.6 Å². The summed E-state index contributed by atoms with van der Waals surface area (Å²) in [6.45, 7) is 4.58. The zero-order valence-corrected chi connectivity index (χ0v) is 13.2. The monoisotopic (exact) mass is 319 g/mol. The average Bonchev–Trinajstić information content (AvgIpc) is 2.42. The molecule has 1 aromatic rings. The summed E-state index contributed by atoms with van der Waals surface area (Å²) in [5, 5.41) is 2.75. The van der Waals surface area contributed by atoms with Crippen molar-refractivity contribution in [2.45, 2.75) is 25.2 Å². The number of nitrogens with one attached hydrogen (secondary N) is 1.